The Hall–Kier alpha value is -2.15. The molecule has 20 heavy (non-hydrogen) atoms. The van der Waals surface area contributed by atoms with Gasteiger partial charge in [0.15, 0.2) is 5.82 Å². The van der Waals surface area contributed by atoms with E-state index in [1.54, 1.807) is 13.0 Å². The van der Waals surface area contributed by atoms with Crippen LogP contribution in [0, 0.1) is 13.8 Å². The van der Waals surface area contributed by atoms with E-state index in [2.05, 4.69) is 31.7 Å². The zero-order valence-electron chi connectivity index (χ0n) is 10.9. The van der Waals surface area contributed by atoms with Crippen LogP contribution in [0.15, 0.2) is 33.3 Å². The van der Waals surface area contributed by atoms with Crippen LogP contribution < -0.4 is 10.6 Å². The second-order valence-electron chi connectivity index (χ2n) is 4.21. The number of hydrogen-bond acceptors (Lipinski definition) is 4. The van der Waals surface area contributed by atoms with Crippen molar-refractivity contribution in [2.24, 2.45) is 0 Å². The minimum atomic E-state index is -0.814. The lowest BCUT2D eigenvalue weighted by Crippen LogP contribution is -2.29. The first-order chi connectivity index (χ1) is 9.45. The highest BCUT2D eigenvalue weighted by molar-refractivity contribution is 9.10. The van der Waals surface area contributed by atoms with E-state index in [-0.39, 0.29) is 5.82 Å². The maximum Gasteiger partial charge on any atom is 0.315 e. The van der Waals surface area contributed by atoms with Crippen LogP contribution in [0.4, 0.5) is 11.5 Å². The quantitative estimate of drug-likeness (QED) is 0.825. The Bertz CT molecular complexity index is 667. The lowest BCUT2D eigenvalue weighted by atomic mass is 10.2. The van der Waals surface area contributed by atoms with Crippen LogP contribution in [0.3, 0.4) is 0 Å². The molecule has 1 aromatic carbocycles. The van der Waals surface area contributed by atoms with Crippen LogP contribution in [0.25, 0.3) is 0 Å². The largest absolute Gasteiger partial charge is 0.360 e. The molecule has 2 rings (SSSR count). The van der Waals surface area contributed by atoms with E-state index >= 15 is 0 Å². The number of carbonyl (C=O) groups is 2. The molecule has 1 aromatic heterocycles. The summed E-state index contributed by atoms with van der Waals surface area (Å²) in [6, 6.07) is 6.91. The van der Waals surface area contributed by atoms with Gasteiger partial charge >= 0.3 is 11.8 Å². The molecule has 0 saturated carbocycles. The van der Waals surface area contributed by atoms with Crippen molar-refractivity contribution in [3.63, 3.8) is 0 Å². The molecule has 2 aromatic rings. The molecule has 0 saturated heterocycles. The molecule has 2 amide bonds. The van der Waals surface area contributed by atoms with Crippen molar-refractivity contribution in [3.05, 3.63) is 40.1 Å². The van der Waals surface area contributed by atoms with Crippen LogP contribution >= 0.6 is 15.9 Å². The summed E-state index contributed by atoms with van der Waals surface area (Å²) >= 11 is 3.32. The molecule has 0 unspecified atom stereocenters. The zero-order valence-corrected chi connectivity index (χ0v) is 12.4. The van der Waals surface area contributed by atoms with Gasteiger partial charge < -0.3 is 9.84 Å². The number of nitrogens with one attached hydrogen (secondary N) is 2. The van der Waals surface area contributed by atoms with E-state index in [9.17, 15) is 9.59 Å². The molecule has 6 nitrogen and oxygen atoms in total. The third-order valence-electron chi connectivity index (χ3n) is 2.45. The molecule has 0 fully saturated rings. The highest BCUT2D eigenvalue weighted by Crippen LogP contribution is 2.23. The Kier molecular flexibility index (Phi) is 4.19. The molecule has 0 atom stereocenters. The van der Waals surface area contributed by atoms with Crippen LogP contribution in [0.1, 0.15) is 11.3 Å². The minimum Gasteiger partial charge on any atom is -0.360 e. The summed E-state index contributed by atoms with van der Waals surface area (Å²) < 4.78 is 5.50. The molecule has 7 heteroatoms. The predicted octanol–water partition coefficient (Wildman–Crippen LogP) is 2.63. The molecule has 0 aliphatic rings. The summed E-state index contributed by atoms with van der Waals surface area (Å²) in [5.74, 6) is -0.853. The van der Waals surface area contributed by atoms with Gasteiger partial charge in [-0.3, -0.25) is 14.9 Å². The lowest BCUT2D eigenvalue weighted by Gasteiger charge is -2.07. The van der Waals surface area contributed by atoms with Crippen molar-refractivity contribution in [1.29, 1.82) is 0 Å². The van der Waals surface area contributed by atoms with Gasteiger partial charge in [0.2, 0.25) is 0 Å². The topological polar surface area (TPSA) is 84.2 Å². The highest BCUT2D eigenvalue weighted by Gasteiger charge is 2.16. The van der Waals surface area contributed by atoms with Crippen molar-refractivity contribution in [2.45, 2.75) is 13.8 Å². The van der Waals surface area contributed by atoms with E-state index in [4.69, 9.17) is 4.52 Å². The van der Waals surface area contributed by atoms with E-state index < -0.39 is 11.8 Å². The molecule has 0 radical (unpaired) electrons. The van der Waals surface area contributed by atoms with Gasteiger partial charge in [0.25, 0.3) is 0 Å². The number of carbonyl (C=O) groups excluding carboxylic acids is 2. The summed E-state index contributed by atoms with van der Waals surface area (Å²) in [5.41, 5.74) is 1.56. The molecular weight excluding hydrogens is 326 g/mol. The monoisotopic (exact) mass is 337 g/mol. The van der Waals surface area contributed by atoms with Gasteiger partial charge in [0, 0.05) is 10.5 Å². The molecule has 104 valence electrons. The van der Waals surface area contributed by atoms with Gasteiger partial charge in [-0.1, -0.05) is 11.2 Å². The summed E-state index contributed by atoms with van der Waals surface area (Å²) in [7, 11) is 0. The number of aryl methyl sites for hydroxylation is 2. The van der Waals surface area contributed by atoms with Gasteiger partial charge in [-0.15, -0.1) is 0 Å². The molecule has 0 spiro atoms. The van der Waals surface area contributed by atoms with Crippen molar-refractivity contribution in [1.82, 2.24) is 5.16 Å². The van der Waals surface area contributed by atoms with Gasteiger partial charge in [-0.2, -0.15) is 0 Å². The number of anilines is 2. The van der Waals surface area contributed by atoms with E-state index in [1.165, 1.54) is 6.07 Å². The number of benzene rings is 1. The maximum atomic E-state index is 11.8. The van der Waals surface area contributed by atoms with E-state index in [0.717, 1.165) is 5.56 Å². The average Bonchev–Trinajstić information content (AvgIpc) is 2.78. The normalized spacial score (nSPS) is 10.2. The third-order valence-corrected chi connectivity index (χ3v) is 3.10. The molecule has 0 aliphatic carbocycles. The third kappa shape index (κ3) is 3.45. The molecule has 1 heterocycles. The van der Waals surface area contributed by atoms with Crippen molar-refractivity contribution < 1.29 is 14.1 Å². The second kappa shape index (κ2) is 5.87. The summed E-state index contributed by atoms with van der Waals surface area (Å²) in [5, 5.41) is 8.43. The number of rotatable bonds is 2. The van der Waals surface area contributed by atoms with E-state index in [1.807, 2.05) is 19.1 Å². The van der Waals surface area contributed by atoms with Crippen LogP contribution in [-0.4, -0.2) is 17.0 Å². The number of aromatic nitrogens is 1. The number of hydrogen-bond donors (Lipinski definition) is 2. The molecule has 2 N–H and O–H groups in total. The fourth-order valence-electron chi connectivity index (χ4n) is 1.50. The van der Waals surface area contributed by atoms with Gasteiger partial charge in [0.05, 0.1) is 5.69 Å². The lowest BCUT2D eigenvalue weighted by molar-refractivity contribution is -0.133. The first-order valence-electron chi connectivity index (χ1n) is 5.77. The molecule has 0 aliphatic heterocycles. The average molecular weight is 338 g/mol. The Morgan fingerprint density at radius 1 is 1.15 bits per heavy atom. The molecular formula is C13H12BrN3O3. The Morgan fingerprint density at radius 2 is 1.85 bits per heavy atom. The maximum absolute atomic E-state index is 11.8. The Balaban J connectivity index is 2.02. The van der Waals surface area contributed by atoms with Crippen LogP contribution in [0.2, 0.25) is 0 Å². The van der Waals surface area contributed by atoms with Crippen molar-refractivity contribution in [3.8, 4) is 0 Å². The van der Waals surface area contributed by atoms with Gasteiger partial charge in [0.1, 0.15) is 5.76 Å². The Labute approximate surface area is 123 Å². The van der Waals surface area contributed by atoms with Crippen LogP contribution in [-0.2, 0) is 9.59 Å². The zero-order chi connectivity index (χ0) is 14.7. The SMILES string of the molecule is Cc1ccc(NC(=O)C(=O)Nc2cc(C)on2)c(Br)c1. The first-order valence-corrected chi connectivity index (χ1v) is 6.57. The second-order valence-corrected chi connectivity index (χ2v) is 5.07. The van der Waals surface area contributed by atoms with Crippen molar-refractivity contribution in [2.75, 3.05) is 10.6 Å². The number of nitrogens with zero attached hydrogens (tertiary/aromatic N) is 1. The summed E-state index contributed by atoms with van der Waals surface area (Å²) in [6.07, 6.45) is 0. The van der Waals surface area contributed by atoms with Gasteiger partial charge in [-0.25, -0.2) is 0 Å². The Morgan fingerprint density at radius 3 is 2.45 bits per heavy atom. The van der Waals surface area contributed by atoms with Gasteiger partial charge in [-0.05, 0) is 47.5 Å². The minimum absolute atomic E-state index is 0.200. The molecule has 0 bridgehead atoms. The standard InChI is InChI=1S/C13H12BrN3O3/c1-7-3-4-10(9(14)5-7)15-12(18)13(19)16-11-6-8(2)20-17-11/h3-6H,1-2H3,(H,15,18)(H,16,17,19). The van der Waals surface area contributed by atoms with Crippen molar-refractivity contribution >= 4 is 39.2 Å². The summed E-state index contributed by atoms with van der Waals surface area (Å²) in [4.78, 5) is 23.4. The smallest absolute Gasteiger partial charge is 0.315 e. The fourth-order valence-corrected chi connectivity index (χ4v) is 2.09. The first kappa shape index (κ1) is 14.3. The number of amides is 2. The summed E-state index contributed by atoms with van der Waals surface area (Å²) in [6.45, 7) is 3.61. The number of halogens is 1. The van der Waals surface area contributed by atoms with Crippen LogP contribution in [0.5, 0.6) is 0 Å². The predicted molar refractivity (Wildman–Crippen MR) is 77.4 cm³/mol. The highest BCUT2D eigenvalue weighted by atomic mass is 79.9. The van der Waals surface area contributed by atoms with E-state index in [0.29, 0.717) is 15.9 Å². The fraction of sp³-hybridized carbons (Fsp3) is 0.154.